The molecule has 2 aromatic carbocycles. The molecule has 1 N–H and O–H groups in total. The third-order valence-electron chi connectivity index (χ3n) is 3.85. The molecule has 2 rings (SSSR count). The summed E-state index contributed by atoms with van der Waals surface area (Å²) in [6, 6.07) is 14.5. The van der Waals surface area contributed by atoms with Crippen LogP contribution in [-0.2, 0) is 32.3 Å². The summed E-state index contributed by atoms with van der Waals surface area (Å²) >= 11 is 0. The van der Waals surface area contributed by atoms with Crippen LogP contribution in [0.1, 0.15) is 36.0 Å². The summed E-state index contributed by atoms with van der Waals surface area (Å²) < 4.78 is 32.5. The van der Waals surface area contributed by atoms with Crippen molar-refractivity contribution in [3.05, 3.63) is 65.2 Å². The molecule has 7 heteroatoms. The molecule has 0 saturated heterocycles. The van der Waals surface area contributed by atoms with E-state index in [1.165, 1.54) is 0 Å². The molecule has 0 heterocycles. The Morgan fingerprint density at radius 2 is 1.61 bits per heavy atom. The zero-order valence-electron chi connectivity index (χ0n) is 15.7. The molecule has 0 bridgehead atoms. The maximum atomic E-state index is 11.0. The lowest BCUT2D eigenvalue weighted by Crippen LogP contribution is -2.04. The minimum absolute atomic E-state index is 0.000402. The Morgan fingerprint density at radius 1 is 1.04 bits per heavy atom. The van der Waals surface area contributed by atoms with Crippen LogP contribution >= 0.6 is 0 Å². The van der Waals surface area contributed by atoms with Gasteiger partial charge in [0, 0.05) is 0 Å². The first kappa shape index (κ1) is 21.5. The fourth-order valence-corrected chi connectivity index (χ4v) is 2.82. The SMILES string of the molecule is CC#CC(CC(=O)O)c1ccc(OCc2ccc(COS(C)(=O)=O)cc2)cc1. The highest BCUT2D eigenvalue weighted by Gasteiger charge is 2.13. The molecule has 0 aromatic heterocycles. The van der Waals surface area contributed by atoms with E-state index in [2.05, 4.69) is 11.8 Å². The molecule has 148 valence electrons. The molecule has 0 spiro atoms. The average Bonchev–Trinajstić information content (AvgIpc) is 2.65. The monoisotopic (exact) mass is 402 g/mol. The van der Waals surface area contributed by atoms with Crippen molar-refractivity contribution in [2.24, 2.45) is 0 Å². The Morgan fingerprint density at radius 3 is 2.11 bits per heavy atom. The van der Waals surface area contributed by atoms with Gasteiger partial charge in [-0.25, -0.2) is 0 Å². The first-order chi connectivity index (χ1) is 13.3. The van der Waals surface area contributed by atoms with Crippen LogP contribution in [0.25, 0.3) is 0 Å². The summed E-state index contributed by atoms with van der Waals surface area (Å²) in [6.07, 6.45) is 0.968. The molecule has 1 atom stereocenters. The van der Waals surface area contributed by atoms with Gasteiger partial charge in [-0.2, -0.15) is 8.42 Å². The summed E-state index contributed by atoms with van der Waals surface area (Å²) in [5.74, 6) is 5.10. The molecule has 28 heavy (non-hydrogen) atoms. The third-order valence-corrected chi connectivity index (χ3v) is 4.39. The molecule has 0 fully saturated rings. The van der Waals surface area contributed by atoms with Crippen LogP contribution in [0, 0.1) is 11.8 Å². The fourth-order valence-electron chi connectivity index (χ4n) is 2.47. The van der Waals surface area contributed by atoms with Crippen LogP contribution < -0.4 is 4.74 Å². The second kappa shape index (κ2) is 9.93. The number of carbonyl (C=O) groups is 1. The van der Waals surface area contributed by atoms with Crippen molar-refractivity contribution in [1.82, 2.24) is 0 Å². The number of rotatable bonds is 9. The molecule has 2 aromatic rings. The Hall–Kier alpha value is -2.82. The highest BCUT2D eigenvalue weighted by molar-refractivity contribution is 7.85. The van der Waals surface area contributed by atoms with E-state index in [4.69, 9.17) is 14.0 Å². The van der Waals surface area contributed by atoms with Crippen LogP contribution in [0.3, 0.4) is 0 Å². The molecule has 0 amide bonds. The van der Waals surface area contributed by atoms with Gasteiger partial charge in [-0.15, -0.1) is 5.92 Å². The van der Waals surface area contributed by atoms with E-state index < -0.39 is 16.1 Å². The predicted molar refractivity (Wildman–Crippen MR) is 105 cm³/mol. The van der Waals surface area contributed by atoms with E-state index >= 15 is 0 Å². The van der Waals surface area contributed by atoms with Gasteiger partial charge in [-0.05, 0) is 35.7 Å². The van der Waals surface area contributed by atoms with E-state index in [1.54, 1.807) is 31.2 Å². The van der Waals surface area contributed by atoms with E-state index in [1.807, 2.05) is 24.3 Å². The second-order valence-corrected chi connectivity index (χ2v) is 7.83. The summed E-state index contributed by atoms with van der Waals surface area (Å²) in [4.78, 5) is 11.0. The topological polar surface area (TPSA) is 89.9 Å². The lowest BCUT2D eigenvalue weighted by atomic mass is 9.96. The average molecular weight is 402 g/mol. The van der Waals surface area contributed by atoms with Crippen molar-refractivity contribution in [3.63, 3.8) is 0 Å². The highest BCUT2D eigenvalue weighted by Crippen LogP contribution is 2.22. The normalized spacial score (nSPS) is 11.9. The van der Waals surface area contributed by atoms with Crippen molar-refractivity contribution in [2.75, 3.05) is 6.26 Å². The van der Waals surface area contributed by atoms with Gasteiger partial charge in [-0.3, -0.25) is 8.98 Å². The van der Waals surface area contributed by atoms with E-state index in [0.29, 0.717) is 12.4 Å². The number of carboxylic acid groups (broad SMARTS) is 1. The maximum absolute atomic E-state index is 11.0. The first-order valence-electron chi connectivity index (χ1n) is 8.56. The standard InChI is InChI=1S/C21H22O6S/c1-3-4-19(13-21(22)23)18-9-11-20(12-10-18)26-14-16-5-7-17(8-6-16)15-27-28(2,24)25/h5-12,19H,13-15H2,1-2H3,(H,22,23). The Balaban J connectivity index is 1.93. The molecular weight excluding hydrogens is 380 g/mol. The third kappa shape index (κ3) is 7.43. The highest BCUT2D eigenvalue weighted by atomic mass is 32.2. The summed E-state index contributed by atoms with van der Waals surface area (Å²) in [7, 11) is -3.46. The predicted octanol–water partition coefficient (Wildman–Crippen LogP) is 3.32. The number of aliphatic carboxylic acids is 1. The van der Waals surface area contributed by atoms with Gasteiger partial charge in [-0.1, -0.05) is 42.3 Å². The van der Waals surface area contributed by atoms with Gasteiger partial charge >= 0.3 is 5.97 Å². The molecular formula is C21H22O6S. The lowest BCUT2D eigenvalue weighted by Gasteiger charge is -2.11. The minimum atomic E-state index is -3.46. The Bertz CT molecular complexity index is 951. The quantitative estimate of drug-likeness (QED) is 0.511. The van der Waals surface area contributed by atoms with Crippen molar-refractivity contribution in [3.8, 4) is 17.6 Å². The Kier molecular flexibility index (Phi) is 7.61. The van der Waals surface area contributed by atoms with Gasteiger partial charge in [0.1, 0.15) is 12.4 Å². The Labute approximate surface area is 165 Å². The second-order valence-electron chi connectivity index (χ2n) is 6.19. The number of benzene rings is 2. The van der Waals surface area contributed by atoms with Crippen LogP contribution in [0.15, 0.2) is 48.5 Å². The summed E-state index contributed by atoms with van der Waals surface area (Å²) in [6.45, 7) is 2.03. The van der Waals surface area contributed by atoms with Gasteiger partial charge in [0.25, 0.3) is 10.1 Å². The summed E-state index contributed by atoms with van der Waals surface area (Å²) in [5, 5.41) is 9.00. The fraction of sp³-hybridized carbons (Fsp3) is 0.286. The van der Waals surface area contributed by atoms with E-state index in [-0.39, 0.29) is 18.9 Å². The number of hydrogen-bond donors (Lipinski definition) is 1. The molecule has 0 aliphatic heterocycles. The van der Waals surface area contributed by atoms with Crippen LogP contribution in [0.5, 0.6) is 5.75 Å². The molecule has 0 aliphatic carbocycles. The molecule has 0 radical (unpaired) electrons. The number of hydrogen-bond acceptors (Lipinski definition) is 5. The van der Waals surface area contributed by atoms with Crippen molar-refractivity contribution in [1.29, 1.82) is 0 Å². The van der Waals surface area contributed by atoms with Crippen LogP contribution in [-0.4, -0.2) is 25.7 Å². The minimum Gasteiger partial charge on any atom is -0.489 e. The van der Waals surface area contributed by atoms with Gasteiger partial charge in [0.05, 0.1) is 25.2 Å². The van der Waals surface area contributed by atoms with E-state index in [0.717, 1.165) is 22.9 Å². The summed E-state index contributed by atoms with van der Waals surface area (Å²) in [5.41, 5.74) is 2.51. The molecule has 0 saturated carbocycles. The lowest BCUT2D eigenvalue weighted by molar-refractivity contribution is -0.137. The van der Waals surface area contributed by atoms with Crippen LogP contribution in [0.2, 0.25) is 0 Å². The van der Waals surface area contributed by atoms with Gasteiger partial charge in [0.15, 0.2) is 0 Å². The zero-order valence-corrected chi connectivity index (χ0v) is 16.5. The van der Waals surface area contributed by atoms with E-state index in [9.17, 15) is 13.2 Å². The largest absolute Gasteiger partial charge is 0.489 e. The smallest absolute Gasteiger partial charge is 0.304 e. The molecule has 0 aliphatic rings. The van der Waals surface area contributed by atoms with Gasteiger partial charge in [0.2, 0.25) is 0 Å². The van der Waals surface area contributed by atoms with Crippen molar-refractivity contribution in [2.45, 2.75) is 32.5 Å². The van der Waals surface area contributed by atoms with Crippen molar-refractivity contribution < 1.29 is 27.2 Å². The zero-order chi connectivity index (χ0) is 20.6. The number of ether oxygens (including phenoxy) is 1. The van der Waals surface area contributed by atoms with Crippen LogP contribution in [0.4, 0.5) is 0 Å². The number of carboxylic acids is 1. The molecule has 6 nitrogen and oxygen atoms in total. The first-order valence-corrected chi connectivity index (χ1v) is 10.4. The van der Waals surface area contributed by atoms with Gasteiger partial charge < -0.3 is 9.84 Å². The maximum Gasteiger partial charge on any atom is 0.304 e. The van der Waals surface area contributed by atoms with Crippen molar-refractivity contribution >= 4 is 16.1 Å². The molecule has 1 unspecified atom stereocenters.